The fraction of sp³-hybridized carbons (Fsp3) is 0.108. The van der Waals surface area contributed by atoms with Crippen molar-refractivity contribution in [3.05, 3.63) is 161 Å². The van der Waals surface area contributed by atoms with Gasteiger partial charge in [-0.15, -0.1) is 0 Å². The normalized spacial score (nSPS) is 15.5. The van der Waals surface area contributed by atoms with Gasteiger partial charge in [-0.1, -0.05) is 123 Å². The van der Waals surface area contributed by atoms with E-state index in [2.05, 4.69) is 135 Å². The predicted molar refractivity (Wildman–Crippen MR) is 157 cm³/mol. The summed E-state index contributed by atoms with van der Waals surface area (Å²) in [7, 11) is 0. The van der Waals surface area contributed by atoms with Crippen LogP contribution in [0.4, 0.5) is 0 Å². The van der Waals surface area contributed by atoms with Crippen molar-refractivity contribution in [2.24, 2.45) is 0 Å². The number of fused-ring (bicyclic) bond motifs is 6. The van der Waals surface area contributed by atoms with Crippen molar-refractivity contribution in [1.29, 1.82) is 0 Å². The Balaban J connectivity index is 1.63. The maximum Gasteiger partial charge on any atom is 0.0753 e. The summed E-state index contributed by atoms with van der Waals surface area (Å²) in [5.41, 5.74) is 12.3. The third-order valence-corrected chi connectivity index (χ3v) is 8.98. The van der Waals surface area contributed by atoms with Crippen molar-refractivity contribution in [1.82, 2.24) is 4.98 Å². The standard InChI is InChI=1S/C37H27N/c1-36(2)30-19-10-9-17-26(30)28-23-29-34(27-18-11-20-31(36)33(27)28)37(24-13-5-3-6-14-24,25-15-7-4-8-16-25)32-21-12-22-38-35(29)32/h3-23H,1-2H3. The van der Waals surface area contributed by atoms with Crippen molar-refractivity contribution in [3.8, 4) is 22.4 Å². The van der Waals surface area contributed by atoms with Gasteiger partial charge in [-0.2, -0.15) is 0 Å². The molecule has 6 aromatic rings. The Morgan fingerprint density at radius 1 is 0.526 bits per heavy atom. The number of rotatable bonds is 2. The molecule has 1 nitrogen and oxygen atoms in total. The van der Waals surface area contributed by atoms with Crippen LogP contribution < -0.4 is 0 Å². The van der Waals surface area contributed by atoms with Gasteiger partial charge in [0.2, 0.25) is 0 Å². The Morgan fingerprint density at radius 3 is 1.89 bits per heavy atom. The largest absolute Gasteiger partial charge is 0.256 e. The topological polar surface area (TPSA) is 12.9 Å². The maximum absolute atomic E-state index is 5.05. The first kappa shape index (κ1) is 21.6. The van der Waals surface area contributed by atoms with Crippen LogP contribution in [0.3, 0.4) is 0 Å². The molecule has 0 spiro atoms. The predicted octanol–water partition coefficient (Wildman–Crippen LogP) is 8.90. The minimum atomic E-state index is -0.459. The van der Waals surface area contributed by atoms with Crippen molar-refractivity contribution in [2.45, 2.75) is 24.7 Å². The fourth-order valence-corrected chi connectivity index (χ4v) is 7.42. The molecule has 0 amide bonds. The average molecular weight is 486 g/mol. The van der Waals surface area contributed by atoms with Crippen LogP contribution in [0, 0.1) is 0 Å². The van der Waals surface area contributed by atoms with Gasteiger partial charge in [-0.3, -0.25) is 4.98 Å². The Morgan fingerprint density at radius 2 is 1.16 bits per heavy atom. The van der Waals surface area contributed by atoms with Crippen LogP contribution in [-0.4, -0.2) is 4.98 Å². The highest BCUT2D eigenvalue weighted by Gasteiger charge is 2.49. The first-order valence-electron chi connectivity index (χ1n) is 13.4. The van der Waals surface area contributed by atoms with E-state index in [9.17, 15) is 0 Å². The molecule has 0 N–H and O–H groups in total. The second kappa shape index (κ2) is 7.52. The van der Waals surface area contributed by atoms with Gasteiger partial charge in [-0.05, 0) is 67.4 Å². The second-order valence-corrected chi connectivity index (χ2v) is 11.1. The lowest BCUT2D eigenvalue weighted by molar-refractivity contribution is 0.645. The lowest BCUT2D eigenvalue weighted by Crippen LogP contribution is -2.29. The first-order chi connectivity index (χ1) is 18.6. The average Bonchev–Trinajstić information content (AvgIpc) is 3.28. The van der Waals surface area contributed by atoms with Crippen LogP contribution >= 0.6 is 0 Å². The highest BCUT2D eigenvalue weighted by Crippen LogP contribution is 2.60. The van der Waals surface area contributed by atoms with E-state index in [1.807, 2.05) is 6.20 Å². The molecule has 2 aliphatic rings. The zero-order chi connectivity index (χ0) is 25.5. The van der Waals surface area contributed by atoms with E-state index in [0.717, 1.165) is 5.69 Å². The van der Waals surface area contributed by atoms with E-state index < -0.39 is 5.41 Å². The molecule has 0 saturated carbocycles. The van der Waals surface area contributed by atoms with Gasteiger partial charge in [0.1, 0.15) is 0 Å². The molecule has 180 valence electrons. The van der Waals surface area contributed by atoms with Crippen molar-refractivity contribution in [2.75, 3.05) is 0 Å². The van der Waals surface area contributed by atoms with Gasteiger partial charge in [-0.25, -0.2) is 0 Å². The summed E-state index contributed by atoms with van der Waals surface area (Å²) in [4.78, 5) is 5.05. The fourth-order valence-electron chi connectivity index (χ4n) is 7.42. The highest BCUT2D eigenvalue weighted by molar-refractivity contribution is 6.10. The summed E-state index contributed by atoms with van der Waals surface area (Å²) >= 11 is 0. The van der Waals surface area contributed by atoms with Gasteiger partial charge in [0, 0.05) is 17.2 Å². The highest BCUT2D eigenvalue weighted by atomic mass is 14.7. The van der Waals surface area contributed by atoms with E-state index in [1.165, 1.54) is 60.8 Å². The number of hydrogen-bond acceptors (Lipinski definition) is 1. The molecule has 1 aromatic heterocycles. The summed E-state index contributed by atoms with van der Waals surface area (Å²) in [5, 5.41) is 2.70. The number of benzene rings is 5. The van der Waals surface area contributed by atoms with Crippen LogP contribution in [0.2, 0.25) is 0 Å². The summed E-state index contributed by atoms with van der Waals surface area (Å²) < 4.78 is 0. The zero-order valence-electron chi connectivity index (χ0n) is 21.6. The van der Waals surface area contributed by atoms with Gasteiger partial charge in [0.05, 0.1) is 11.1 Å². The second-order valence-electron chi connectivity index (χ2n) is 11.1. The Bertz CT molecular complexity index is 1840. The van der Waals surface area contributed by atoms with Gasteiger partial charge in [0.15, 0.2) is 0 Å². The van der Waals surface area contributed by atoms with E-state index in [0.29, 0.717) is 0 Å². The summed E-state index contributed by atoms with van der Waals surface area (Å²) in [6.07, 6.45) is 1.94. The van der Waals surface area contributed by atoms with Crippen LogP contribution in [0.25, 0.3) is 33.2 Å². The lowest BCUT2D eigenvalue weighted by atomic mass is 9.64. The molecule has 1 heterocycles. The van der Waals surface area contributed by atoms with E-state index >= 15 is 0 Å². The summed E-state index contributed by atoms with van der Waals surface area (Å²) in [6.45, 7) is 4.74. The monoisotopic (exact) mass is 485 g/mol. The number of nitrogens with zero attached hydrogens (tertiary/aromatic N) is 1. The molecule has 0 bridgehead atoms. The van der Waals surface area contributed by atoms with E-state index in [4.69, 9.17) is 4.98 Å². The molecule has 0 unspecified atom stereocenters. The lowest BCUT2D eigenvalue weighted by Gasteiger charge is -2.38. The molecule has 8 rings (SSSR count). The van der Waals surface area contributed by atoms with Gasteiger partial charge in [0.25, 0.3) is 0 Å². The molecule has 0 aliphatic heterocycles. The molecular formula is C37H27N. The number of aromatic nitrogens is 1. The van der Waals surface area contributed by atoms with E-state index in [-0.39, 0.29) is 5.41 Å². The minimum Gasteiger partial charge on any atom is -0.256 e. The van der Waals surface area contributed by atoms with Crippen LogP contribution in [0.5, 0.6) is 0 Å². The smallest absolute Gasteiger partial charge is 0.0753 e. The molecule has 2 aliphatic carbocycles. The Hall–Kier alpha value is -4.49. The Kier molecular flexibility index (Phi) is 4.27. The summed E-state index contributed by atoms with van der Waals surface area (Å²) in [6, 6.07) is 44.7. The van der Waals surface area contributed by atoms with Crippen molar-refractivity contribution >= 4 is 10.8 Å². The SMILES string of the molecule is CC1(C)c2ccccc2-c2cc3c(c4cccc1c24)C(c1ccccc1)(c1ccccc1)c1cccnc1-3. The maximum atomic E-state index is 5.05. The molecule has 5 aromatic carbocycles. The van der Waals surface area contributed by atoms with Crippen LogP contribution in [-0.2, 0) is 10.8 Å². The van der Waals surface area contributed by atoms with Crippen molar-refractivity contribution in [3.63, 3.8) is 0 Å². The molecule has 38 heavy (non-hydrogen) atoms. The van der Waals surface area contributed by atoms with E-state index in [1.54, 1.807) is 0 Å². The molecule has 0 saturated heterocycles. The number of pyridine rings is 1. The minimum absolute atomic E-state index is 0.0940. The first-order valence-corrected chi connectivity index (χ1v) is 13.4. The van der Waals surface area contributed by atoms with Crippen molar-refractivity contribution < 1.29 is 0 Å². The summed E-state index contributed by atoms with van der Waals surface area (Å²) in [5.74, 6) is 0. The van der Waals surface area contributed by atoms with Crippen LogP contribution in [0.1, 0.15) is 47.2 Å². The van der Waals surface area contributed by atoms with Crippen LogP contribution in [0.15, 0.2) is 128 Å². The molecular weight excluding hydrogens is 458 g/mol. The zero-order valence-corrected chi connectivity index (χ0v) is 21.6. The third kappa shape index (κ3) is 2.54. The van der Waals surface area contributed by atoms with Gasteiger partial charge >= 0.3 is 0 Å². The van der Waals surface area contributed by atoms with Gasteiger partial charge < -0.3 is 0 Å². The number of hydrogen-bond donors (Lipinski definition) is 0. The molecule has 0 atom stereocenters. The molecule has 0 radical (unpaired) electrons. The quantitative estimate of drug-likeness (QED) is 0.238. The molecule has 0 fully saturated rings. The third-order valence-electron chi connectivity index (χ3n) is 8.98. The molecule has 1 heteroatoms. The Labute approximate surface area is 223 Å².